The third-order valence-corrected chi connectivity index (χ3v) is 5.15. The number of amides is 1. The number of carbonyl (C=O) groups is 2. The number of hydrazone groups is 1. The van der Waals surface area contributed by atoms with Gasteiger partial charge in [-0.15, -0.1) is 0 Å². The molecule has 4 rings (SSSR count). The van der Waals surface area contributed by atoms with Crippen molar-refractivity contribution >= 4 is 29.7 Å². The van der Waals surface area contributed by atoms with E-state index in [1.54, 1.807) is 72.8 Å². The zero-order chi connectivity index (χ0) is 24.5. The first-order valence-corrected chi connectivity index (χ1v) is 11.1. The van der Waals surface area contributed by atoms with Crippen molar-refractivity contribution in [1.82, 2.24) is 5.43 Å². The maximum absolute atomic E-state index is 12.4. The standard InChI is InChI=1S/C28H21ClN2O4/c29-24-13-9-23(10-14-24)28(33)35-26-8-4-7-21(17-26)18-30-31-27(32)22-11-15-25(16-12-22)34-19-20-5-2-1-3-6-20/h1-18H,19H2,(H,31,32)/b30-18+. The zero-order valence-corrected chi connectivity index (χ0v) is 19.3. The molecule has 0 unspecified atom stereocenters. The molecule has 0 fully saturated rings. The molecule has 0 spiro atoms. The highest BCUT2D eigenvalue weighted by molar-refractivity contribution is 6.30. The van der Waals surface area contributed by atoms with Crippen molar-refractivity contribution in [2.45, 2.75) is 6.61 Å². The summed E-state index contributed by atoms with van der Waals surface area (Å²) in [6.07, 6.45) is 1.47. The lowest BCUT2D eigenvalue weighted by atomic mass is 10.2. The van der Waals surface area contributed by atoms with Crippen molar-refractivity contribution in [2.24, 2.45) is 5.10 Å². The van der Waals surface area contributed by atoms with Gasteiger partial charge >= 0.3 is 5.97 Å². The van der Waals surface area contributed by atoms with E-state index in [9.17, 15) is 9.59 Å². The van der Waals surface area contributed by atoms with E-state index >= 15 is 0 Å². The van der Waals surface area contributed by atoms with Crippen LogP contribution in [0.25, 0.3) is 0 Å². The summed E-state index contributed by atoms with van der Waals surface area (Å²) in [4.78, 5) is 24.6. The summed E-state index contributed by atoms with van der Waals surface area (Å²) in [5, 5.41) is 4.53. The Bertz CT molecular complexity index is 1320. The number of nitrogens with zero attached hydrogens (tertiary/aromatic N) is 1. The van der Waals surface area contributed by atoms with Crippen LogP contribution in [-0.2, 0) is 6.61 Å². The predicted molar refractivity (Wildman–Crippen MR) is 135 cm³/mol. The van der Waals surface area contributed by atoms with Gasteiger partial charge in [0.1, 0.15) is 18.1 Å². The van der Waals surface area contributed by atoms with Gasteiger partial charge in [0.25, 0.3) is 5.91 Å². The largest absolute Gasteiger partial charge is 0.489 e. The number of hydrogen-bond donors (Lipinski definition) is 1. The molecule has 174 valence electrons. The molecule has 0 aliphatic carbocycles. The Kier molecular flexibility index (Phi) is 7.88. The highest BCUT2D eigenvalue weighted by atomic mass is 35.5. The fraction of sp³-hybridized carbons (Fsp3) is 0.0357. The quantitative estimate of drug-likeness (QED) is 0.146. The van der Waals surface area contributed by atoms with Crippen LogP contribution < -0.4 is 14.9 Å². The van der Waals surface area contributed by atoms with Gasteiger partial charge in [-0.3, -0.25) is 4.79 Å². The Morgan fingerprint density at radius 2 is 1.51 bits per heavy atom. The molecule has 0 bridgehead atoms. The minimum absolute atomic E-state index is 0.353. The van der Waals surface area contributed by atoms with Crippen LogP contribution in [0, 0.1) is 0 Å². The first-order chi connectivity index (χ1) is 17.1. The van der Waals surface area contributed by atoms with Crippen LogP contribution in [0.2, 0.25) is 5.02 Å². The lowest BCUT2D eigenvalue weighted by Crippen LogP contribution is -2.17. The monoisotopic (exact) mass is 484 g/mol. The van der Waals surface area contributed by atoms with Gasteiger partial charge in [0.15, 0.2) is 0 Å². The smallest absolute Gasteiger partial charge is 0.343 e. The predicted octanol–water partition coefficient (Wildman–Crippen LogP) is 5.90. The van der Waals surface area contributed by atoms with Crippen LogP contribution in [0.4, 0.5) is 0 Å². The Balaban J connectivity index is 1.29. The van der Waals surface area contributed by atoms with Crippen LogP contribution in [-0.4, -0.2) is 18.1 Å². The Hall–Kier alpha value is -4.42. The summed E-state index contributed by atoms with van der Waals surface area (Å²) in [6.45, 7) is 0.449. The average molecular weight is 485 g/mol. The second kappa shape index (κ2) is 11.6. The minimum atomic E-state index is -0.500. The molecule has 0 saturated heterocycles. The molecule has 4 aromatic rings. The summed E-state index contributed by atoms with van der Waals surface area (Å²) in [5.74, 6) is 0.159. The first kappa shape index (κ1) is 23.7. The second-order valence-electron chi connectivity index (χ2n) is 7.47. The van der Waals surface area contributed by atoms with E-state index in [2.05, 4.69) is 10.5 Å². The van der Waals surface area contributed by atoms with Crippen LogP contribution >= 0.6 is 11.6 Å². The van der Waals surface area contributed by atoms with Crippen LogP contribution in [0.15, 0.2) is 108 Å². The van der Waals surface area contributed by atoms with E-state index in [-0.39, 0.29) is 5.91 Å². The molecule has 0 aliphatic rings. The van der Waals surface area contributed by atoms with E-state index in [4.69, 9.17) is 21.1 Å². The number of esters is 1. The van der Waals surface area contributed by atoms with E-state index < -0.39 is 5.97 Å². The zero-order valence-electron chi connectivity index (χ0n) is 18.6. The lowest BCUT2D eigenvalue weighted by molar-refractivity contribution is 0.0734. The summed E-state index contributed by atoms with van der Waals surface area (Å²) in [5.41, 5.74) is 5.03. The van der Waals surface area contributed by atoms with Gasteiger partial charge in [-0.2, -0.15) is 5.10 Å². The summed E-state index contributed by atoms with van der Waals surface area (Å²) >= 11 is 5.85. The van der Waals surface area contributed by atoms with Gasteiger partial charge in [0, 0.05) is 10.6 Å². The maximum Gasteiger partial charge on any atom is 0.343 e. The van der Waals surface area contributed by atoms with E-state index in [0.717, 1.165) is 5.56 Å². The summed E-state index contributed by atoms with van der Waals surface area (Å²) < 4.78 is 11.1. The Labute approximate surface area is 207 Å². The number of rotatable bonds is 8. The molecular weight excluding hydrogens is 464 g/mol. The van der Waals surface area contributed by atoms with Crippen molar-refractivity contribution in [1.29, 1.82) is 0 Å². The van der Waals surface area contributed by atoms with Gasteiger partial charge in [0.05, 0.1) is 11.8 Å². The molecule has 7 heteroatoms. The van der Waals surface area contributed by atoms with Crippen LogP contribution in [0.5, 0.6) is 11.5 Å². The van der Waals surface area contributed by atoms with Gasteiger partial charge in [-0.25, -0.2) is 10.2 Å². The molecular formula is C28H21ClN2O4. The van der Waals surface area contributed by atoms with Gasteiger partial charge in [0.2, 0.25) is 0 Å². The summed E-state index contributed by atoms with van der Waals surface area (Å²) in [6, 6.07) is 29.9. The molecule has 0 saturated carbocycles. The molecule has 0 radical (unpaired) electrons. The van der Waals surface area contributed by atoms with Gasteiger partial charge in [-0.05, 0) is 71.8 Å². The number of carbonyl (C=O) groups excluding carboxylic acids is 2. The van der Waals surface area contributed by atoms with Crippen molar-refractivity contribution in [3.63, 3.8) is 0 Å². The summed E-state index contributed by atoms with van der Waals surface area (Å²) in [7, 11) is 0. The Morgan fingerprint density at radius 3 is 2.26 bits per heavy atom. The SMILES string of the molecule is O=C(N/N=C/c1cccc(OC(=O)c2ccc(Cl)cc2)c1)c1ccc(OCc2ccccc2)cc1. The second-order valence-corrected chi connectivity index (χ2v) is 7.90. The topological polar surface area (TPSA) is 77.0 Å². The highest BCUT2D eigenvalue weighted by Gasteiger charge is 2.09. The normalized spacial score (nSPS) is 10.7. The average Bonchev–Trinajstić information content (AvgIpc) is 2.89. The van der Waals surface area contributed by atoms with Crippen molar-refractivity contribution in [3.8, 4) is 11.5 Å². The van der Waals surface area contributed by atoms with E-state index in [1.807, 2.05) is 30.3 Å². The third kappa shape index (κ3) is 7.03. The Morgan fingerprint density at radius 1 is 0.800 bits per heavy atom. The maximum atomic E-state index is 12.4. The molecule has 0 heterocycles. The van der Waals surface area contributed by atoms with Crippen LogP contribution in [0.3, 0.4) is 0 Å². The van der Waals surface area contributed by atoms with Crippen molar-refractivity contribution in [3.05, 3.63) is 130 Å². The molecule has 0 aliphatic heterocycles. The van der Waals surface area contributed by atoms with Crippen molar-refractivity contribution in [2.75, 3.05) is 0 Å². The van der Waals surface area contributed by atoms with E-state index in [1.165, 1.54) is 6.21 Å². The number of halogens is 1. The molecule has 35 heavy (non-hydrogen) atoms. The van der Waals surface area contributed by atoms with E-state index in [0.29, 0.717) is 39.8 Å². The van der Waals surface area contributed by atoms with Gasteiger partial charge in [-0.1, -0.05) is 54.1 Å². The lowest BCUT2D eigenvalue weighted by Gasteiger charge is -2.07. The minimum Gasteiger partial charge on any atom is -0.489 e. The molecule has 6 nitrogen and oxygen atoms in total. The molecule has 4 aromatic carbocycles. The first-order valence-electron chi connectivity index (χ1n) is 10.7. The highest BCUT2D eigenvalue weighted by Crippen LogP contribution is 2.17. The molecule has 0 atom stereocenters. The number of hydrogen-bond acceptors (Lipinski definition) is 5. The molecule has 0 aromatic heterocycles. The fourth-order valence-corrected chi connectivity index (χ4v) is 3.21. The third-order valence-electron chi connectivity index (χ3n) is 4.89. The fourth-order valence-electron chi connectivity index (χ4n) is 3.08. The molecule has 1 amide bonds. The van der Waals surface area contributed by atoms with Crippen molar-refractivity contribution < 1.29 is 19.1 Å². The molecule has 1 N–H and O–H groups in total. The number of nitrogens with one attached hydrogen (secondary N) is 1. The number of benzene rings is 4. The van der Waals surface area contributed by atoms with Gasteiger partial charge < -0.3 is 9.47 Å². The van der Waals surface area contributed by atoms with Crippen LogP contribution in [0.1, 0.15) is 31.8 Å². The number of ether oxygens (including phenoxy) is 2.